The van der Waals surface area contributed by atoms with E-state index < -0.39 is 11.2 Å². The topological polar surface area (TPSA) is 58.5 Å². The minimum absolute atomic E-state index is 0.756. The molecule has 0 amide bonds. The van der Waals surface area contributed by atoms with Gasteiger partial charge >= 0.3 is 0 Å². The fraction of sp³-hybridized carbons (Fsp3) is 0.167. The van der Waals surface area contributed by atoms with Gasteiger partial charge in [0.1, 0.15) is 19.0 Å². The maximum absolute atomic E-state index is 9.10. The molecule has 0 saturated heterocycles. The largest absolute Gasteiger partial charge is 0.455 e. The van der Waals surface area contributed by atoms with E-state index in [1.165, 1.54) is 10.8 Å². The van der Waals surface area contributed by atoms with Crippen LogP contribution in [0.4, 0.5) is 0 Å². The molecule has 0 bridgehead atoms. The third kappa shape index (κ3) is 4.82. The van der Waals surface area contributed by atoms with E-state index in [0.717, 1.165) is 55.2 Å². The standard InChI is InChI=1S/C30H18BNO.C6H14O2/c31-20-7-5-8-21(18-20)32-27-13-3-1-9-23(27)26-17-19(15-16-28(26)32)22-11-6-12-25-24-10-2-4-14-29(24)33-30(22)25;1-5(2,7)6(3,4)8/h1-18H;7-8H,1-4H3. The molecule has 0 unspecified atom stereocenters. The summed E-state index contributed by atoms with van der Waals surface area (Å²) in [6, 6.07) is 37.9. The second-order valence-corrected chi connectivity index (χ2v) is 11.6. The lowest BCUT2D eigenvalue weighted by atomic mass is 9.90. The zero-order valence-electron chi connectivity index (χ0n) is 23.7. The first-order valence-electron chi connectivity index (χ1n) is 13.8. The Hall–Kier alpha value is -4.32. The van der Waals surface area contributed by atoms with Gasteiger partial charge in [0.2, 0.25) is 0 Å². The highest BCUT2D eigenvalue weighted by Crippen LogP contribution is 2.39. The van der Waals surface area contributed by atoms with Crippen molar-refractivity contribution in [2.24, 2.45) is 0 Å². The number of benzene rings is 5. The minimum atomic E-state index is -1.01. The predicted molar refractivity (Wildman–Crippen MR) is 171 cm³/mol. The molecule has 2 N–H and O–H groups in total. The van der Waals surface area contributed by atoms with Gasteiger partial charge in [0.15, 0.2) is 0 Å². The fourth-order valence-corrected chi connectivity index (χ4v) is 5.06. The van der Waals surface area contributed by atoms with E-state index in [0.29, 0.717) is 0 Å². The fourth-order valence-electron chi connectivity index (χ4n) is 5.06. The average Bonchev–Trinajstić information content (AvgIpc) is 3.48. The molecular formula is C36H32BNO3. The Morgan fingerprint density at radius 2 is 1.24 bits per heavy atom. The van der Waals surface area contributed by atoms with Crippen LogP contribution in [0.1, 0.15) is 27.7 Å². The summed E-state index contributed by atoms with van der Waals surface area (Å²) < 4.78 is 8.59. The summed E-state index contributed by atoms with van der Waals surface area (Å²) in [6.45, 7) is 6.31. The molecule has 0 aliphatic heterocycles. The van der Waals surface area contributed by atoms with E-state index in [1.54, 1.807) is 27.7 Å². The van der Waals surface area contributed by atoms with Gasteiger partial charge in [-0.2, -0.15) is 0 Å². The number of aliphatic hydroxyl groups is 2. The van der Waals surface area contributed by atoms with E-state index in [1.807, 2.05) is 30.3 Å². The van der Waals surface area contributed by atoms with Crippen LogP contribution in [0.5, 0.6) is 0 Å². The Morgan fingerprint density at radius 1 is 0.610 bits per heavy atom. The molecule has 0 atom stereocenters. The summed E-state index contributed by atoms with van der Waals surface area (Å²) in [5, 5.41) is 22.9. The molecule has 7 rings (SSSR count). The highest BCUT2D eigenvalue weighted by atomic mass is 16.3. The first kappa shape index (κ1) is 26.9. The number of nitrogens with zero attached hydrogens (tertiary/aromatic N) is 1. The molecule has 2 radical (unpaired) electrons. The smallest absolute Gasteiger partial charge is 0.143 e. The van der Waals surface area contributed by atoms with Crippen molar-refractivity contribution in [2.75, 3.05) is 0 Å². The van der Waals surface area contributed by atoms with Crippen molar-refractivity contribution in [1.82, 2.24) is 4.57 Å². The Balaban J connectivity index is 0.000000334. The van der Waals surface area contributed by atoms with Gasteiger partial charge in [0.25, 0.3) is 0 Å². The summed E-state index contributed by atoms with van der Waals surface area (Å²) in [5.41, 5.74) is 6.21. The summed E-state index contributed by atoms with van der Waals surface area (Å²) in [6.07, 6.45) is 0. The van der Waals surface area contributed by atoms with Gasteiger partial charge in [-0.1, -0.05) is 78.3 Å². The summed E-state index contributed by atoms with van der Waals surface area (Å²) in [5.74, 6) is 0. The lowest BCUT2D eigenvalue weighted by Crippen LogP contribution is -2.44. The van der Waals surface area contributed by atoms with Crippen LogP contribution in [-0.4, -0.2) is 33.8 Å². The third-order valence-electron chi connectivity index (χ3n) is 8.01. The van der Waals surface area contributed by atoms with Crippen LogP contribution in [0, 0.1) is 0 Å². The molecule has 2 aromatic heterocycles. The quantitative estimate of drug-likeness (QED) is 0.228. The van der Waals surface area contributed by atoms with Crippen LogP contribution in [0.15, 0.2) is 114 Å². The third-order valence-corrected chi connectivity index (χ3v) is 8.01. The number of furan rings is 1. The van der Waals surface area contributed by atoms with Crippen molar-refractivity contribution in [1.29, 1.82) is 0 Å². The maximum Gasteiger partial charge on any atom is 0.143 e. The number of aromatic nitrogens is 1. The van der Waals surface area contributed by atoms with Crippen LogP contribution in [-0.2, 0) is 0 Å². The lowest BCUT2D eigenvalue weighted by molar-refractivity contribution is -0.107. The molecule has 4 nitrogen and oxygen atoms in total. The summed E-state index contributed by atoms with van der Waals surface area (Å²) in [4.78, 5) is 0. The van der Waals surface area contributed by atoms with E-state index in [2.05, 4.69) is 83.4 Å². The number of hydrogen-bond donors (Lipinski definition) is 2. The molecule has 2 heterocycles. The Morgan fingerprint density at radius 3 is 1.98 bits per heavy atom. The van der Waals surface area contributed by atoms with Crippen molar-refractivity contribution in [3.05, 3.63) is 109 Å². The molecule has 5 aromatic carbocycles. The normalized spacial score (nSPS) is 12.2. The summed E-state index contributed by atoms with van der Waals surface area (Å²) >= 11 is 0. The first-order chi connectivity index (χ1) is 19.5. The second-order valence-electron chi connectivity index (χ2n) is 11.6. The van der Waals surface area contributed by atoms with Crippen LogP contribution in [0.3, 0.4) is 0 Å². The van der Waals surface area contributed by atoms with Crippen molar-refractivity contribution in [2.45, 2.75) is 38.9 Å². The highest BCUT2D eigenvalue weighted by molar-refractivity contribution is 6.32. The molecule has 0 spiro atoms. The molecule has 41 heavy (non-hydrogen) atoms. The monoisotopic (exact) mass is 537 g/mol. The van der Waals surface area contributed by atoms with Gasteiger partial charge < -0.3 is 19.2 Å². The Bertz CT molecular complexity index is 2020. The molecule has 7 aromatic rings. The van der Waals surface area contributed by atoms with Crippen molar-refractivity contribution < 1.29 is 14.6 Å². The number of para-hydroxylation sites is 3. The molecule has 0 saturated carbocycles. The van der Waals surface area contributed by atoms with Crippen LogP contribution < -0.4 is 5.46 Å². The zero-order valence-corrected chi connectivity index (χ0v) is 23.7. The highest BCUT2D eigenvalue weighted by Gasteiger charge is 2.32. The van der Waals surface area contributed by atoms with Crippen LogP contribution >= 0.6 is 0 Å². The molecular weight excluding hydrogens is 505 g/mol. The van der Waals surface area contributed by atoms with Gasteiger partial charge in [-0.3, -0.25) is 0 Å². The molecule has 0 fully saturated rings. The van der Waals surface area contributed by atoms with Gasteiger partial charge in [0, 0.05) is 32.8 Å². The molecule has 0 aliphatic rings. The number of hydrogen-bond acceptors (Lipinski definition) is 3. The number of fused-ring (bicyclic) bond motifs is 6. The van der Waals surface area contributed by atoms with Crippen molar-refractivity contribution >= 4 is 57.1 Å². The van der Waals surface area contributed by atoms with Crippen LogP contribution in [0.2, 0.25) is 0 Å². The molecule has 0 aliphatic carbocycles. The van der Waals surface area contributed by atoms with Gasteiger partial charge in [-0.05, 0) is 69.7 Å². The predicted octanol–water partition coefficient (Wildman–Crippen LogP) is 7.67. The van der Waals surface area contributed by atoms with Gasteiger partial charge in [-0.25, -0.2) is 0 Å². The molecule has 202 valence electrons. The average molecular weight is 537 g/mol. The van der Waals surface area contributed by atoms with Crippen LogP contribution in [0.25, 0.3) is 60.6 Å². The Labute approximate surface area is 240 Å². The van der Waals surface area contributed by atoms with E-state index >= 15 is 0 Å². The van der Waals surface area contributed by atoms with Crippen molar-refractivity contribution in [3.8, 4) is 16.8 Å². The van der Waals surface area contributed by atoms with Gasteiger partial charge in [0.05, 0.1) is 22.2 Å². The van der Waals surface area contributed by atoms with Gasteiger partial charge in [-0.15, -0.1) is 0 Å². The summed E-state index contributed by atoms with van der Waals surface area (Å²) in [7, 11) is 6.11. The minimum Gasteiger partial charge on any atom is -0.455 e. The Kier molecular flexibility index (Phi) is 6.52. The zero-order chi connectivity index (χ0) is 28.9. The van der Waals surface area contributed by atoms with E-state index in [-0.39, 0.29) is 0 Å². The van der Waals surface area contributed by atoms with Crippen molar-refractivity contribution in [3.63, 3.8) is 0 Å². The van der Waals surface area contributed by atoms with E-state index in [4.69, 9.17) is 22.5 Å². The first-order valence-corrected chi connectivity index (χ1v) is 13.8. The lowest BCUT2D eigenvalue weighted by Gasteiger charge is -2.31. The second kappa shape index (κ2) is 9.95. The van der Waals surface area contributed by atoms with E-state index in [9.17, 15) is 0 Å². The number of rotatable bonds is 3. The maximum atomic E-state index is 9.10. The molecule has 5 heteroatoms. The SMILES string of the molecule is CC(C)(O)C(C)(C)O.[B]c1cccc(-n2c3ccccc3c3cc(-c4cccc5c4oc4ccccc45)ccc32)c1.